The first kappa shape index (κ1) is 13.4. The first-order valence-electron chi connectivity index (χ1n) is 5.69. The third-order valence-corrected chi connectivity index (χ3v) is 2.91. The number of halogens is 1. The van der Waals surface area contributed by atoms with Crippen molar-refractivity contribution in [1.29, 1.82) is 0 Å². The van der Waals surface area contributed by atoms with Crippen LogP contribution in [0.25, 0.3) is 0 Å². The molecule has 0 atom stereocenters. The minimum Gasteiger partial charge on any atom is -0.417 e. The summed E-state index contributed by atoms with van der Waals surface area (Å²) in [4.78, 5) is 11.5. The molecule has 2 aromatic carbocycles. The molecule has 0 aliphatic rings. The zero-order valence-electron chi connectivity index (χ0n) is 10.3. The Morgan fingerprint density at radius 2 is 1.68 bits per heavy atom. The molecule has 3 heteroatoms. The predicted molar refractivity (Wildman–Crippen MR) is 77.8 cm³/mol. The quantitative estimate of drug-likeness (QED) is 0.455. The van der Waals surface area contributed by atoms with Crippen molar-refractivity contribution in [3.05, 3.63) is 64.1 Å². The zero-order valence-corrected chi connectivity index (χ0v) is 11.9. The predicted octanol–water partition coefficient (Wildman–Crippen LogP) is 3.71. The lowest BCUT2D eigenvalue weighted by atomic mass is 10.2. The van der Waals surface area contributed by atoms with Crippen LogP contribution in [0.2, 0.25) is 0 Å². The summed E-state index contributed by atoms with van der Waals surface area (Å²) < 4.78 is 6.01. The number of hydrogen-bond donors (Lipinski definition) is 0. The van der Waals surface area contributed by atoms with Crippen LogP contribution in [0.1, 0.15) is 11.1 Å². The smallest absolute Gasteiger partial charge is 0.390 e. The number of aryl methyl sites for hydroxylation is 1. The average molecular weight is 315 g/mol. The van der Waals surface area contributed by atoms with E-state index in [2.05, 4.69) is 27.8 Å². The number of carbonyl (C=O) groups excluding carboxylic acids is 1. The SMILES string of the molecule is Cc1ccc(C#CC(=O)Oc2ccc(Br)cc2)cc1. The van der Waals surface area contributed by atoms with Gasteiger partial charge in [0.15, 0.2) is 0 Å². The van der Waals surface area contributed by atoms with Gasteiger partial charge in [0.1, 0.15) is 5.75 Å². The molecule has 0 aliphatic carbocycles. The standard InChI is InChI=1S/C16H11BrO2/c1-12-2-4-13(5-3-12)6-11-16(18)19-15-9-7-14(17)8-10-15/h2-5,7-10H,1H3. The van der Waals surface area contributed by atoms with Crippen molar-refractivity contribution >= 4 is 21.9 Å². The van der Waals surface area contributed by atoms with E-state index in [9.17, 15) is 4.79 Å². The summed E-state index contributed by atoms with van der Waals surface area (Å²) >= 11 is 3.31. The minimum absolute atomic E-state index is 0.478. The van der Waals surface area contributed by atoms with Crippen LogP contribution < -0.4 is 4.74 Å². The Hall–Kier alpha value is -2.05. The molecule has 94 valence electrons. The van der Waals surface area contributed by atoms with Crippen molar-refractivity contribution in [2.24, 2.45) is 0 Å². The average Bonchev–Trinajstić information content (AvgIpc) is 2.41. The molecule has 0 bridgehead atoms. The monoisotopic (exact) mass is 314 g/mol. The van der Waals surface area contributed by atoms with E-state index in [-0.39, 0.29) is 0 Å². The lowest BCUT2D eigenvalue weighted by molar-refractivity contribution is -0.128. The molecule has 0 saturated carbocycles. The highest BCUT2D eigenvalue weighted by atomic mass is 79.9. The highest BCUT2D eigenvalue weighted by Crippen LogP contribution is 2.16. The van der Waals surface area contributed by atoms with Gasteiger partial charge in [-0.05, 0) is 43.3 Å². The van der Waals surface area contributed by atoms with E-state index in [1.165, 1.54) is 0 Å². The van der Waals surface area contributed by atoms with E-state index >= 15 is 0 Å². The lowest BCUT2D eigenvalue weighted by Crippen LogP contribution is -2.04. The van der Waals surface area contributed by atoms with Gasteiger partial charge in [0, 0.05) is 16.0 Å². The van der Waals surface area contributed by atoms with Crippen LogP contribution in [-0.4, -0.2) is 5.97 Å². The second-order valence-electron chi connectivity index (χ2n) is 3.96. The topological polar surface area (TPSA) is 26.3 Å². The Kier molecular flexibility index (Phi) is 4.38. The fourth-order valence-electron chi connectivity index (χ4n) is 1.40. The zero-order chi connectivity index (χ0) is 13.7. The lowest BCUT2D eigenvalue weighted by Gasteiger charge is -1.99. The number of ether oxygens (including phenoxy) is 1. The van der Waals surface area contributed by atoms with Crippen LogP contribution in [-0.2, 0) is 4.79 Å². The first-order chi connectivity index (χ1) is 9.13. The highest BCUT2D eigenvalue weighted by Gasteiger charge is 2.00. The highest BCUT2D eigenvalue weighted by molar-refractivity contribution is 9.10. The summed E-state index contributed by atoms with van der Waals surface area (Å²) in [5.74, 6) is 5.14. The van der Waals surface area contributed by atoms with Crippen molar-refractivity contribution in [1.82, 2.24) is 0 Å². The van der Waals surface area contributed by atoms with Crippen LogP contribution in [0.3, 0.4) is 0 Å². The van der Waals surface area contributed by atoms with Crippen molar-refractivity contribution in [2.45, 2.75) is 6.92 Å². The molecule has 2 aromatic rings. The van der Waals surface area contributed by atoms with Gasteiger partial charge >= 0.3 is 5.97 Å². The molecule has 0 unspecified atom stereocenters. The van der Waals surface area contributed by atoms with Gasteiger partial charge in [-0.25, -0.2) is 4.79 Å². The van der Waals surface area contributed by atoms with E-state index < -0.39 is 5.97 Å². The first-order valence-corrected chi connectivity index (χ1v) is 6.49. The van der Waals surface area contributed by atoms with Crippen molar-refractivity contribution in [3.8, 4) is 17.6 Å². The van der Waals surface area contributed by atoms with Gasteiger partial charge in [0.2, 0.25) is 0 Å². The fraction of sp³-hybridized carbons (Fsp3) is 0.0625. The molecular weight excluding hydrogens is 304 g/mol. The van der Waals surface area contributed by atoms with Gasteiger partial charge < -0.3 is 4.74 Å². The van der Waals surface area contributed by atoms with Crippen LogP contribution in [0.5, 0.6) is 5.75 Å². The molecule has 0 saturated heterocycles. The van der Waals surface area contributed by atoms with Gasteiger partial charge in [0.05, 0.1) is 0 Å². The molecule has 0 heterocycles. The molecule has 0 fully saturated rings. The molecule has 0 amide bonds. The maximum Gasteiger partial charge on any atom is 0.390 e. The molecule has 2 rings (SSSR count). The third-order valence-electron chi connectivity index (χ3n) is 2.38. The summed E-state index contributed by atoms with van der Waals surface area (Å²) in [7, 11) is 0. The number of rotatable bonds is 1. The molecule has 19 heavy (non-hydrogen) atoms. The van der Waals surface area contributed by atoms with E-state index in [1.807, 2.05) is 31.2 Å². The largest absolute Gasteiger partial charge is 0.417 e. The van der Waals surface area contributed by atoms with Crippen LogP contribution >= 0.6 is 15.9 Å². The van der Waals surface area contributed by atoms with E-state index in [1.54, 1.807) is 24.3 Å². The number of benzene rings is 2. The maximum absolute atomic E-state index is 11.5. The fourth-order valence-corrected chi connectivity index (χ4v) is 1.66. The van der Waals surface area contributed by atoms with E-state index in [0.717, 1.165) is 15.6 Å². The molecule has 0 spiro atoms. The van der Waals surface area contributed by atoms with Crippen molar-refractivity contribution in [3.63, 3.8) is 0 Å². The second-order valence-corrected chi connectivity index (χ2v) is 4.88. The van der Waals surface area contributed by atoms with Gasteiger partial charge in [-0.1, -0.05) is 39.5 Å². The van der Waals surface area contributed by atoms with Gasteiger partial charge in [-0.2, -0.15) is 0 Å². The number of carbonyl (C=O) groups is 1. The number of hydrogen-bond acceptors (Lipinski definition) is 2. The summed E-state index contributed by atoms with van der Waals surface area (Å²) in [6, 6.07) is 14.6. The second kappa shape index (κ2) is 6.21. The summed E-state index contributed by atoms with van der Waals surface area (Å²) in [5.41, 5.74) is 1.95. The number of esters is 1. The van der Waals surface area contributed by atoms with E-state index in [0.29, 0.717) is 5.75 Å². The minimum atomic E-state index is -0.567. The van der Waals surface area contributed by atoms with Crippen molar-refractivity contribution in [2.75, 3.05) is 0 Å². The Balaban J connectivity index is 2.02. The maximum atomic E-state index is 11.5. The molecule has 0 aliphatic heterocycles. The van der Waals surface area contributed by atoms with Crippen LogP contribution in [0.15, 0.2) is 53.0 Å². The molecule has 0 radical (unpaired) electrons. The van der Waals surface area contributed by atoms with Gasteiger partial charge in [-0.15, -0.1) is 0 Å². The summed E-state index contributed by atoms with van der Waals surface area (Å²) in [5, 5.41) is 0. The van der Waals surface area contributed by atoms with Gasteiger partial charge in [-0.3, -0.25) is 0 Å². The Bertz CT molecular complexity index is 631. The molecule has 2 nitrogen and oxygen atoms in total. The Morgan fingerprint density at radius 1 is 1.05 bits per heavy atom. The third kappa shape index (κ3) is 4.27. The van der Waals surface area contributed by atoms with Crippen LogP contribution in [0, 0.1) is 18.8 Å². The van der Waals surface area contributed by atoms with E-state index in [4.69, 9.17) is 4.74 Å². The Labute approximate surface area is 120 Å². The molecular formula is C16H11BrO2. The normalized spacial score (nSPS) is 9.37. The van der Waals surface area contributed by atoms with Crippen LogP contribution in [0.4, 0.5) is 0 Å². The summed E-state index contributed by atoms with van der Waals surface area (Å²) in [6.45, 7) is 2.00. The summed E-state index contributed by atoms with van der Waals surface area (Å²) in [6.07, 6.45) is 0. The van der Waals surface area contributed by atoms with Gasteiger partial charge in [0.25, 0.3) is 0 Å². The molecule has 0 aromatic heterocycles. The van der Waals surface area contributed by atoms with Crippen molar-refractivity contribution < 1.29 is 9.53 Å². The Morgan fingerprint density at radius 3 is 2.32 bits per heavy atom. The molecule has 0 N–H and O–H groups in total.